The fraction of sp³-hybridized carbons (Fsp3) is 0.455. The van der Waals surface area contributed by atoms with Gasteiger partial charge in [0.1, 0.15) is 18.5 Å². The Labute approximate surface area is 177 Å². The van der Waals surface area contributed by atoms with Crippen molar-refractivity contribution in [1.82, 2.24) is 4.90 Å². The third-order valence-corrected chi connectivity index (χ3v) is 5.94. The standard InChI is InChI=1S/C22H29ClN2O2S/c1-24(28-2)20-7-9-21(10-8-20)27-17-22-16-25(12-4-14-26-22)13-11-18-5-3-6-19(23)15-18/h3,5-10,15,22H,4,11-14,16-17H2,1-2H3. The van der Waals surface area contributed by atoms with E-state index in [4.69, 9.17) is 21.1 Å². The molecular formula is C22H29ClN2O2S. The van der Waals surface area contributed by atoms with Crippen LogP contribution < -0.4 is 9.04 Å². The highest BCUT2D eigenvalue weighted by Crippen LogP contribution is 2.22. The number of rotatable bonds is 8. The molecule has 0 amide bonds. The van der Waals surface area contributed by atoms with Crippen molar-refractivity contribution in [3.05, 3.63) is 59.1 Å². The van der Waals surface area contributed by atoms with E-state index in [1.165, 1.54) is 5.56 Å². The Bertz CT molecular complexity index is 729. The van der Waals surface area contributed by atoms with Crippen molar-refractivity contribution in [3.63, 3.8) is 0 Å². The molecule has 3 rings (SSSR count). The maximum Gasteiger partial charge on any atom is 0.119 e. The van der Waals surface area contributed by atoms with Gasteiger partial charge >= 0.3 is 0 Å². The number of hydrogen-bond donors (Lipinski definition) is 0. The van der Waals surface area contributed by atoms with E-state index in [2.05, 4.69) is 46.8 Å². The number of anilines is 1. The third kappa shape index (κ3) is 6.59. The van der Waals surface area contributed by atoms with Crippen LogP contribution >= 0.6 is 23.5 Å². The fourth-order valence-corrected chi connectivity index (χ4v) is 3.85. The molecule has 1 aliphatic heterocycles. The summed E-state index contributed by atoms with van der Waals surface area (Å²) in [6.07, 6.45) is 4.21. The van der Waals surface area contributed by atoms with Gasteiger partial charge in [-0.15, -0.1) is 0 Å². The van der Waals surface area contributed by atoms with Gasteiger partial charge in [-0.25, -0.2) is 0 Å². The largest absolute Gasteiger partial charge is 0.491 e. The number of halogens is 1. The van der Waals surface area contributed by atoms with Crippen LogP contribution in [0.2, 0.25) is 5.02 Å². The Kier molecular flexibility index (Phi) is 8.34. The van der Waals surface area contributed by atoms with E-state index in [9.17, 15) is 0 Å². The smallest absolute Gasteiger partial charge is 0.119 e. The quantitative estimate of drug-likeness (QED) is 0.573. The molecule has 1 atom stereocenters. The number of benzene rings is 2. The van der Waals surface area contributed by atoms with Crippen molar-refractivity contribution < 1.29 is 9.47 Å². The number of hydrogen-bond acceptors (Lipinski definition) is 5. The fourth-order valence-electron chi connectivity index (χ4n) is 3.30. The van der Waals surface area contributed by atoms with Crippen molar-refractivity contribution in [3.8, 4) is 5.75 Å². The second kappa shape index (κ2) is 11.0. The molecule has 1 unspecified atom stereocenters. The monoisotopic (exact) mass is 420 g/mol. The molecule has 28 heavy (non-hydrogen) atoms. The Morgan fingerprint density at radius 1 is 1.25 bits per heavy atom. The van der Waals surface area contributed by atoms with Crippen molar-refractivity contribution in [2.24, 2.45) is 0 Å². The lowest BCUT2D eigenvalue weighted by Gasteiger charge is -2.24. The first kappa shape index (κ1) is 21.3. The molecule has 1 saturated heterocycles. The van der Waals surface area contributed by atoms with E-state index < -0.39 is 0 Å². The predicted molar refractivity (Wildman–Crippen MR) is 120 cm³/mol. The molecule has 2 aromatic rings. The van der Waals surface area contributed by atoms with Crippen LogP contribution in [0.1, 0.15) is 12.0 Å². The normalized spacial score (nSPS) is 17.9. The zero-order valence-electron chi connectivity index (χ0n) is 16.6. The van der Waals surface area contributed by atoms with Gasteiger partial charge in [0.2, 0.25) is 0 Å². The van der Waals surface area contributed by atoms with Crippen LogP contribution in [0, 0.1) is 0 Å². The zero-order valence-corrected chi connectivity index (χ0v) is 18.2. The molecule has 1 heterocycles. The molecule has 0 spiro atoms. The Balaban J connectivity index is 1.48. The van der Waals surface area contributed by atoms with Crippen LogP contribution in [0.15, 0.2) is 48.5 Å². The van der Waals surface area contributed by atoms with Gasteiger partial charge in [0.05, 0.1) is 0 Å². The molecule has 152 valence electrons. The predicted octanol–water partition coefficient (Wildman–Crippen LogP) is 4.77. The first-order valence-electron chi connectivity index (χ1n) is 9.73. The van der Waals surface area contributed by atoms with E-state index >= 15 is 0 Å². The van der Waals surface area contributed by atoms with E-state index in [0.29, 0.717) is 6.61 Å². The van der Waals surface area contributed by atoms with Crippen LogP contribution in [0.4, 0.5) is 5.69 Å². The Hall–Kier alpha value is -1.40. The van der Waals surface area contributed by atoms with Crippen molar-refractivity contribution in [1.29, 1.82) is 0 Å². The molecule has 0 bridgehead atoms. The van der Waals surface area contributed by atoms with Crippen LogP contribution in [0.25, 0.3) is 0 Å². The molecule has 4 nitrogen and oxygen atoms in total. The Morgan fingerprint density at radius 3 is 2.82 bits per heavy atom. The van der Waals surface area contributed by atoms with E-state index in [1.54, 1.807) is 11.9 Å². The summed E-state index contributed by atoms with van der Waals surface area (Å²) in [7, 11) is 2.05. The maximum absolute atomic E-state index is 6.10. The summed E-state index contributed by atoms with van der Waals surface area (Å²) in [4.78, 5) is 2.47. The summed E-state index contributed by atoms with van der Waals surface area (Å²) in [5, 5.41) is 0.803. The molecule has 1 aliphatic rings. The second-order valence-electron chi connectivity index (χ2n) is 7.01. The summed E-state index contributed by atoms with van der Waals surface area (Å²) in [5.41, 5.74) is 2.44. The minimum atomic E-state index is 0.0930. The van der Waals surface area contributed by atoms with Crippen LogP contribution in [-0.4, -0.2) is 57.2 Å². The highest BCUT2D eigenvalue weighted by Gasteiger charge is 2.19. The first-order valence-corrected chi connectivity index (χ1v) is 11.3. The average Bonchev–Trinajstić information content (AvgIpc) is 2.96. The lowest BCUT2D eigenvalue weighted by atomic mass is 10.1. The van der Waals surface area contributed by atoms with Gasteiger partial charge in [-0.05, 0) is 54.8 Å². The molecule has 6 heteroatoms. The minimum Gasteiger partial charge on any atom is -0.491 e. The molecule has 0 aromatic heterocycles. The third-order valence-electron chi connectivity index (χ3n) is 4.95. The highest BCUT2D eigenvalue weighted by molar-refractivity contribution is 7.99. The highest BCUT2D eigenvalue weighted by atomic mass is 35.5. The molecule has 0 aliphatic carbocycles. The van der Waals surface area contributed by atoms with Crippen LogP contribution in [0.3, 0.4) is 0 Å². The summed E-state index contributed by atoms with van der Waals surface area (Å²) >= 11 is 7.78. The summed E-state index contributed by atoms with van der Waals surface area (Å²) < 4.78 is 14.1. The topological polar surface area (TPSA) is 24.9 Å². The maximum atomic E-state index is 6.10. The van der Waals surface area contributed by atoms with Gasteiger partial charge in [0.15, 0.2) is 0 Å². The number of ether oxygens (including phenoxy) is 2. The molecule has 0 N–H and O–H groups in total. The molecule has 0 saturated carbocycles. The van der Waals surface area contributed by atoms with Gasteiger partial charge < -0.3 is 18.7 Å². The second-order valence-corrected chi connectivity index (χ2v) is 8.36. The lowest BCUT2D eigenvalue weighted by Crippen LogP contribution is -2.36. The van der Waals surface area contributed by atoms with Crippen LogP contribution in [-0.2, 0) is 11.2 Å². The molecule has 1 fully saturated rings. The van der Waals surface area contributed by atoms with E-state index in [-0.39, 0.29) is 6.10 Å². The van der Waals surface area contributed by atoms with Gasteiger partial charge in [0, 0.05) is 50.3 Å². The molecule has 0 radical (unpaired) electrons. The average molecular weight is 421 g/mol. The van der Waals surface area contributed by atoms with Gasteiger partial charge in [-0.3, -0.25) is 0 Å². The minimum absolute atomic E-state index is 0.0930. The van der Waals surface area contributed by atoms with Crippen LogP contribution in [0.5, 0.6) is 5.75 Å². The van der Waals surface area contributed by atoms with Gasteiger partial charge in [0.25, 0.3) is 0 Å². The zero-order chi connectivity index (χ0) is 19.8. The SMILES string of the molecule is CSN(C)c1ccc(OCC2CN(CCc3cccc(Cl)c3)CCCO2)cc1. The molecular weight excluding hydrogens is 392 g/mol. The summed E-state index contributed by atoms with van der Waals surface area (Å²) in [5.74, 6) is 0.886. The summed E-state index contributed by atoms with van der Waals surface area (Å²) in [6.45, 7) is 4.33. The van der Waals surface area contributed by atoms with Crippen molar-refractivity contribution in [2.75, 3.05) is 50.5 Å². The first-order chi connectivity index (χ1) is 13.6. The van der Waals surface area contributed by atoms with Crippen molar-refractivity contribution in [2.45, 2.75) is 18.9 Å². The number of nitrogens with zero attached hydrogens (tertiary/aromatic N) is 2. The summed E-state index contributed by atoms with van der Waals surface area (Å²) in [6, 6.07) is 16.3. The van der Waals surface area contributed by atoms with Crippen molar-refractivity contribution >= 4 is 29.2 Å². The van der Waals surface area contributed by atoms with E-state index in [1.807, 2.05) is 24.3 Å². The van der Waals surface area contributed by atoms with Gasteiger partial charge in [-0.1, -0.05) is 35.7 Å². The lowest BCUT2D eigenvalue weighted by molar-refractivity contribution is 0.0210. The Morgan fingerprint density at radius 2 is 2.07 bits per heavy atom. The molecule has 2 aromatic carbocycles. The van der Waals surface area contributed by atoms with E-state index in [0.717, 1.165) is 55.5 Å². The van der Waals surface area contributed by atoms with Gasteiger partial charge in [-0.2, -0.15) is 0 Å².